The molecule has 0 spiro atoms. The van der Waals surface area contributed by atoms with Gasteiger partial charge in [-0.1, -0.05) is 62.4 Å². The standard InChI is InChI=1S/C37H41FN4O4.K/c1-6-11-32-39-31(7-2)33(26-13-10-14-28(19-18-26)45-37(3,4)5)35(43)42(32)21-20-25-17-16-24(23-30(25)38)22-27-12-8-9-15-29(27)34-40-36(44)46-41-34;/h8-9,12-19,23H,6-7,10-11,20-22H2,1-5H3,(H,40,41,44);/q;+1/p-1. The minimum Gasteiger partial charge on any atom is -0.528 e. The second-order valence-corrected chi connectivity index (χ2v) is 12.4. The van der Waals surface area contributed by atoms with E-state index in [1.807, 2.05) is 76.3 Å². The second-order valence-electron chi connectivity index (χ2n) is 12.4. The predicted octanol–water partition coefficient (Wildman–Crippen LogP) is 3.90. The Morgan fingerprint density at radius 2 is 1.81 bits per heavy atom. The molecule has 1 aliphatic rings. The maximum atomic E-state index is 15.5. The van der Waals surface area contributed by atoms with Crippen LogP contribution in [0.25, 0.3) is 17.0 Å². The van der Waals surface area contributed by atoms with Crippen molar-refractivity contribution in [1.29, 1.82) is 0 Å². The monoisotopic (exact) mass is 662 g/mol. The Kier molecular flexibility index (Phi) is 12.7. The summed E-state index contributed by atoms with van der Waals surface area (Å²) in [6.07, 6.45) is 10.6. The molecule has 8 nitrogen and oxygen atoms in total. The topological polar surface area (TPSA) is 106 Å². The molecule has 240 valence electrons. The van der Waals surface area contributed by atoms with E-state index < -0.39 is 6.08 Å². The molecule has 0 atom stereocenters. The molecule has 4 aromatic rings. The van der Waals surface area contributed by atoms with Crippen molar-refractivity contribution in [2.45, 2.75) is 85.3 Å². The number of ether oxygens (including phenoxy) is 1. The van der Waals surface area contributed by atoms with E-state index in [0.29, 0.717) is 55.3 Å². The third-order valence-electron chi connectivity index (χ3n) is 7.71. The summed E-state index contributed by atoms with van der Waals surface area (Å²) in [5.74, 6) is 1.35. The molecule has 0 N–H and O–H groups in total. The summed E-state index contributed by atoms with van der Waals surface area (Å²) in [7, 11) is 0. The van der Waals surface area contributed by atoms with Gasteiger partial charge in [0, 0.05) is 18.5 Å². The average Bonchev–Trinajstić information content (AvgIpc) is 3.32. The summed E-state index contributed by atoms with van der Waals surface area (Å²) in [4.78, 5) is 22.9. The Bertz CT molecular complexity index is 1870. The molecule has 0 saturated heterocycles. The largest absolute Gasteiger partial charge is 1.00 e. The number of allylic oxidation sites excluding steroid dienone is 5. The van der Waals surface area contributed by atoms with Gasteiger partial charge in [-0.2, -0.15) is 5.16 Å². The van der Waals surface area contributed by atoms with E-state index in [4.69, 9.17) is 9.72 Å². The van der Waals surface area contributed by atoms with Gasteiger partial charge < -0.3 is 14.4 Å². The Labute approximate surface area is 317 Å². The predicted molar refractivity (Wildman–Crippen MR) is 175 cm³/mol. The van der Waals surface area contributed by atoms with Crippen molar-refractivity contribution in [2.24, 2.45) is 0 Å². The van der Waals surface area contributed by atoms with Gasteiger partial charge in [0.1, 0.15) is 23.0 Å². The average molecular weight is 663 g/mol. The van der Waals surface area contributed by atoms with Crippen LogP contribution in [0.3, 0.4) is 0 Å². The number of rotatable bonds is 11. The first kappa shape index (κ1) is 36.7. The summed E-state index contributed by atoms with van der Waals surface area (Å²) >= 11 is 0. The Balaban J connectivity index is 0.00000500. The molecule has 47 heavy (non-hydrogen) atoms. The van der Waals surface area contributed by atoms with Crippen LogP contribution in [-0.4, -0.2) is 25.3 Å². The van der Waals surface area contributed by atoms with E-state index in [0.717, 1.165) is 40.4 Å². The molecule has 0 bridgehead atoms. The van der Waals surface area contributed by atoms with Crippen molar-refractivity contribution in [3.8, 4) is 17.5 Å². The first-order valence-corrected chi connectivity index (χ1v) is 15.8. The van der Waals surface area contributed by atoms with Crippen molar-refractivity contribution in [1.82, 2.24) is 19.7 Å². The van der Waals surface area contributed by atoms with Gasteiger partial charge >= 0.3 is 51.4 Å². The van der Waals surface area contributed by atoms with Crippen molar-refractivity contribution in [3.63, 3.8) is 0 Å². The molecule has 0 radical (unpaired) electrons. The van der Waals surface area contributed by atoms with E-state index in [2.05, 4.69) is 21.6 Å². The third-order valence-corrected chi connectivity index (χ3v) is 7.71. The van der Waals surface area contributed by atoms with Crippen molar-refractivity contribution in [3.05, 3.63) is 122 Å². The Morgan fingerprint density at radius 3 is 2.49 bits per heavy atom. The van der Waals surface area contributed by atoms with Crippen LogP contribution in [0.4, 0.5) is 4.39 Å². The molecule has 2 aromatic carbocycles. The molecule has 0 saturated carbocycles. The van der Waals surface area contributed by atoms with Gasteiger partial charge in [-0.05, 0) is 93.4 Å². The van der Waals surface area contributed by atoms with Gasteiger partial charge in [-0.15, -0.1) is 0 Å². The summed E-state index contributed by atoms with van der Waals surface area (Å²) in [6, 6.07) is 12.6. The molecule has 2 aromatic heterocycles. The summed E-state index contributed by atoms with van der Waals surface area (Å²) < 4.78 is 27.9. The fourth-order valence-electron chi connectivity index (χ4n) is 5.63. The fraction of sp³-hybridized carbons (Fsp3) is 0.351. The van der Waals surface area contributed by atoms with Crippen LogP contribution in [0, 0.1) is 5.82 Å². The van der Waals surface area contributed by atoms with Crippen LogP contribution in [-0.2, 0) is 37.0 Å². The SMILES string of the molecule is CCCc1nc(CC)c(C2=CCC=C(OC(C)(C)C)C=C2)c(=O)n1CCc1ccc(Cc2ccccc2-c2noc([O-])n2)cc1F.[K+]. The molecule has 5 rings (SSSR count). The van der Waals surface area contributed by atoms with E-state index in [-0.39, 0.29) is 74.2 Å². The third kappa shape index (κ3) is 9.26. The van der Waals surface area contributed by atoms with E-state index >= 15 is 4.39 Å². The van der Waals surface area contributed by atoms with E-state index in [1.54, 1.807) is 16.7 Å². The fourth-order valence-corrected chi connectivity index (χ4v) is 5.63. The van der Waals surface area contributed by atoms with Crippen LogP contribution >= 0.6 is 0 Å². The van der Waals surface area contributed by atoms with Crippen LogP contribution in [0.1, 0.15) is 81.2 Å². The zero-order chi connectivity index (χ0) is 32.8. The van der Waals surface area contributed by atoms with Crippen molar-refractivity contribution in [2.75, 3.05) is 0 Å². The molecule has 0 unspecified atom stereocenters. The van der Waals surface area contributed by atoms with Crippen LogP contribution in [0.5, 0.6) is 6.08 Å². The number of hydrogen-bond donors (Lipinski definition) is 0. The van der Waals surface area contributed by atoms with Gasteiger partial charge in [-0.3, -0.25) is 9.36 Å². The second kappa shape index (κ2) is 16.3. The van der Waals surface area contributed by atoms with Gasteiger partial charge in [-0.25, -0.2) is 14.4 Å². The van der Waals surface area contributed by atoms with Gasteiger partial charge in [0.25, 0.3) is 5.56 Å². The van der Waals surface area contributed by atoms with Crippen LogP contribution < -0.4 is 62.1 Å². The molecular formula is C37H40FKN4O4. The number of benzene rings is 2. The molecule has 2 heterocycles. The maximum absolute atomic E-state index is 15.5. The smallest absolute Gasteiger partial charge is 0.528 e. The zero-order valence-electron chi connectivity index (χ0n) is 28.1. The van der Waals surface area contributed by atoms with Crippen molar-refractivity contribution < 1.29 is 70.1 Å². The van der Waals surface area contributed by atoms with Crippen molar-refractivity contribution >= 4 is 5.57 Å². The molecule has 0 aliphatic heterocycles. The molecule has 0 amide bonds. The summed E-state index contributed by atoms with van der Waals surface area (Å²) in [5, 5.41) is 15.2. The number of nitrogens with zero attached hydrogens (tertiary/aromatic N) is 4. The molecule has 10 heteroatoms. The first-order valence-electron chi connectivity index (χ1n) is 15.8. The number of aromatic nitrogens is 4. The number of aryl methyl sites for hydroxylation is 3. The Morgan fingerprint density at radius 1 is 1.02 bits per heavy atom. The van der Waals surface area contributed by atoms with Crippen LogP contribution in [0.2, 0.25) is 0 Å². The quantitative estimate of drug-likeness (QED) is 0.225. The number of hydrogen-bond acceptors (Lipinski definition) is 7. The van der Waals surface area contributed by atoms with Gasteiger partial charge in [0.05, 0.1) is 11.3 Å². The molecule has 1 aliphatic carbocycles. The van der Waals surface area contributed by atoms with E-state index in [9.17, 15) is 9.90 Å². The number of halogens is 1. The van der Waals surface area contributed by atoms with E-state index in [1.165, 1.54) is 6.07 Å². The first-order chi connectivity index (χ1) is 22.1. The minimum absolute atomic E-state index is 0. The maximum Gasteiger partial charge on any atom is 1.00 e. The Hall–Kier alpha value is -3.15. The van der Waals surface area contributed by atoms with Gasteiger partial charge in [0.15, 0.2) is 11.9 Å². The zero-order valence-corrected chi connectivity index (χ0v) is 31.2. The molecular weight excluding hydrogens is 623 g/mol. The molecule has 0 fully saturated rings. The summed E-state index contributed by atoms with van der Waals surface area (Å²) in [6.45, 7) is 10.4. The van der Waals surface area contributed by atoms with Crippen LogP contribution in [0.15, 0.2) is 81.8 Å². The summed E-state index contributed by atoms with van der Waals surface area (Å²) in [5.41, 5.74) is 4.51. The van der Waals surface area contributed by atoms with Gasteiger partial charge in [0.2, 0.25) is 0 Å². The minimum atomic E-state index is -0.757. The normalized spacial score (nSPS) is 13.1.